The second-order valence-electron chi connectivity index (χ2n) is 6.05. The van der Waals surface area contributed by atoms with Gasteiger partial charge in [0.25, 0.3) is 0 Å². The average molecular weight is 379 g/mol. The molecule has 0 bridgehead atoms. The summed E-state index contributed by atoms with van der Waals surface area (Å²) < 4.78 is 31.3. The zero-order chi connectivity index (χ0) is 19.7. The van der Waals surface area contributed by atoms with E-state index in [2.05, 4.69) is 10.1 Å². The Hall–Kier alpha value is -3.61. The van der Waals surface area contributed by atoms with Gasteiger partial charge in [-0.25, -0.2) is 13.9 Å². The maximum absolute atomic E-state index is 13.2. The van der Waals surface area contributed by atoms with Crippen molar-refractivity contribution in [1.29, 1.82) is 0 Å². The van der Waals surface area contributed by atoms with Crippen LogP contribution in [0.3, 0.4) is 0 Å². The molecule has 0 N–H and O–H groups in total. The maximum Gasteiger partial charge on any atom is 0.203 e. The minimum atomic E-state index is -0.288. The van der Waals surface area contributed by atoms with Crippen molar-refractivity contribution >= 4 is 5.65 Å². The second-order valence-corrected chi connectivity index (χ2v) is 6.05. The molecule has 0 fully saturated rings. The van der Waals surface area contributed by atoms with E-state index in [9.17, 15) is 4.39 Å². The Morgan fingerprint density at radius 3 is 2.11 bits per heavy atom. The molecule has 0 aliphatic heterocycles. The van der Waals surface area contributed by atoms with Crippen LogP contribution in [-0.2, 0) is 0 Å². The van der Waals surface area contributed by atoms with Crippen LogP contribution in [-0.4, -0.2) is 35.9 Å². The van der Waals surface area contributed by atoms with Gasteiger partial charge in [-0.2, -0.15) is 5.10 Å². The van der Waals surface area contributed by atoms with Gasteiger partial charge in [-0.15, -0.1) is 0 Å². The Balaban J connectivity index is 1.89. The van der Waals surface area contributed by atoms with Crippen LogP contribution in [0, 0.1) is 5.82 Å². The van der Waals surface area contributed by atoms with Gasteiger partial charge in [0.05, 0.1) is 32.7 Å². The zero-order valence-electron chi connectivity index (χ0n) is 15.6. The molecule has 2 heterocycles. The summed E-state index contributed by atoms with van der Waals surface area (Å²) in [5.74, 6) is 1.33. The molecule has 142 valence electrons. The molecule has 7 heteroatoms. The van der Waals surface area contributed by atoms with Gasteiger partial charge in [0, 0.05) is 23.4 Å². The predicted octanol–water partition coefficient (Wildman–Crippen LogP) is 4.23. The van der Waals surface area contributed by atoms with Crippen LogP contribution in [0.1, 0.15) is 0 Å². The number of rotatable bonds is 5. The van der Waals surface area contributed by atoms with Gasteiger partial charge in [-0.1, -0.05) is 0 Å². The molecular weight excluding hydrogens is 361 g/mol. The lowest BCUT2D eigenvalue weighted by Gasteiger charge is -2.14. The monoisotopic (exact) mass is 379 g/mol. The average Bonchev–Trinajstić information content (AvgIpc) is 3.17. The quantitative estimate of drug-likeness (QED) is 0.519. The second kappa shape index (κ2) is 7.19. The van der Waals surface area contributed by atoms with E-state index in [1.165, 1.54) is 12.1 Å². The van der Waals surface area contributed by atoms with E-state index in [4.69, 9.17) is 14.2 Å². The molecule has 0 aliphatic carbocycles. The number of halogens is 1. The Kier molecular flexibility index (Phi) is 4.57. The number of hydrogen-bond acceptors (Lipinski definition) is 5. The molecule has 0 saturated carbocycles. The van der Waals surface area contributed by atoms with Crippen molar-refractivity contribution in [2.45, 2.75) is 0 Å². The van der Waals surface area contributed by atoms with Crippen molar-refractivity contribution in [3.8, 4) is 39.8 Å². The van der Waals surface area contributed by atoms with Gasteiger partial charge in [0.15, 0.2) is 17.1 Å². The highest BCUT2D eigenvalue weighted by atomic mass is 19.1. The molecule has 6 nitrogen and oxygen atoms in total. The van der Waals surface area contributed by atoms with E-state index in [0.717, 1.165) is 16.8 Å². The van der Waals surface area contributed by atoms with Gasteiger partial charge < -0.3 is 14.2 Å². The number of aromatic nitrogens is 3. The summed E-state index contributed by atoms with van der Waals surface area (Å²) in [6.45, 7) is 0. The minimum absolute atomic E-state index is 0.288. The number of nitrogens with zero attached hydrogens (tertiary/aromatic N) is 3. The topological polar surface area (TPSA) is 57.9 Å². The lowest BCUT2D eigenvalue weighted by atomic mass is 10.1. The molecule has 2 aromatic carbocycles. The fraction of sp³-hybridized carbons (Fsp3) is 0.143. The molecule has 0 radical (unpaired) electrons. The van der Waals surface area contributed by atoms with Crippen molar-refractivity contribution in [2.75, 3.05) is 21.3 Å². The van der Waals surface area contributed by atoms with Crippen LogP contribution in [0.5, 0.6) is 17.2 Å². The molecule has 0 aliphatic rings. The number of ether oxygens (including phenoxy) is 3. The molecule has 0 unspecified atom stereocenters. The standard InChI is InChI=1S/C21H18FN3O3/c1-26-18-10-14(11-19(27-2)21(18)28-3)17-8-9-23-20-12-16(24-25(17)20)13-4-6-15(22)7-5-13/h4-12H,1-3H3. The summed E-state index contributed by atoms with van der Waals surface area (Å²) in [5, 5.41) is 4.66. The van der Waals surface area contributed by atoms with Crippen LogP contribution >= 0.6 is 0 Å². The molecule has 0 amide bonds. The van der Waals surface area contributed by atoms with Crippen LogP contribution in [0.15, 0.2) is 54.7 Å². The zero-order valence-corrected chi connectivity index (χ0v) is 15.6. The SMILES string of the molecule is COc1cc(-c2ccnc3cc(-c4ccc(F)cc4)nn23)cc(OC)c1OC. The lowest BCUT2D eigenvalue weighted by Crippen LogP contribution is -1.99. The van der Waals surface area contributed by atoms with Crippen LogP contribution in [0.2, 0.25) is 0 Å². The first-order valence-corrected chi connectivity index (χ1v) is 8.55. The molecule has 4 aromatic rings. The molecular formula is C21H18FN3O3. The summed E-state index contributed by atoms with van der Waals surface area (Å²) in [4.78, 5) is 4.39. The van der Waals surface area contributed by atoms with Gasteiger partial charge in [-0.3, -0.25) is 0 Å². The number of methoxy groups -OCH3 is 3. The Morgan fingerprint density at radius 1 is 0.821 bits per heavy atom. The highest BCUT2D eigenvalue weighted by Gasteiger charge is 2.17. The Bertz CT molecular complexity index is 1110. The van der Waals surface area contributed by atoms with Gasteiger partial charge in [-0.05, 0) is 42.5 Å². The summed E-state index contributed by atoms with van der Waals surface area (Å²) >= 11 is 0. The van der Waals surface area contributed by atoms with E-state index in [1.54, 1.807) is 44.2 Å². The third-order valence-electron chi connectivity index (χ3n) is 4.46. The third kappa shape index (κ3) is 3.00. The fourth-order valence-corrected chi connectivity index (χ4v) is 3.10. The summed E-state index contributed by atoms with van der Waals surface area (Å²) in [7, 11) is 4.71. The minimum Gasteiger partial charge on any atom is -0.493 e. The first kappa shape index (κ1) is 17.8. The molecule has 4 rings (SSSR count). The Morgan fingerprint density at radius 2 is 1.50 bits per heavy atom. The molecule has 2 aromatic heterocycles. The van der Waals surface area contributed by atoms with Crippen LogP contribution in [0.4, 0.5) is 4.39 Å². The van der Waals surface area contributed by atoms with Crippen molar-refractivity contribution < 1.29 is 18.6 Å². The van der Waals surface area contributed by atoms with Crippen LogP contribution < -0.4 is 14.2 Å². The van der Waals surface area contributed by atoms with E-state index >= 15 is 0 Å². The first-order chi connectivity index (χ1) is 13.6. The number of fused-ring (bicyclic) bond motifs is 1. The lowest BCUT2D eigenvalue weighted by molar-refractivity contribution is 0.324. The molecule has 28 heavy (non-hydrogen) atoms. The molecule has 0 saturated heterocycles. The van der Waals surface area contributed by atoms with Crippen molar-refractivity contribution in [3.05, 3.63) is 60.5 Å². The predicted molar refractivity (Wildman–Crippen MR) is 103 cm³/mol. The third-order valence-corrected chi connectivity index (χ3v) is 4.46. The first-order valence-electron chi connectivity index (χ1n) is 8.55. The van der Waals surface area contributed by atoms with Crippen molar-refractivity contribution in [3.63, 3.8) is 0 Å². The van der Waals surface area contributed by atoms with E-state index in [1.807, 2.05) is 24.3 Å². The van der Waals surface area contributed by atoms with E-state index in [-0.39, 0.29) is 5.82 Å². The van der Waals surface area contributed by atoms with Gasteiger partial charge >= 0.3 is 0 Å². The molecule has 0 spiro atoms. The van der Waals surface area contributed by atoms with Gasteiger partial charge in [0.2, 0.25) is 5.75 Å². The van der Waals surface area contributed by atoms with Crippen molar-refractivity contribution in [2.24, 2.45) is 0 Å². The van der Waals surface area contributed by atoms with Crippen LogP contribution in [0.25, 0.3) is 28.2 Å². The highest BCUT2D eigenvalue weighted by Crippen LogP contribution is 2.41. The molecule has 0 atom stereocenters. The van der Waals surface area contributed by atoms with E-state index < -0.39 is 0 Å². The van der Waals surface area contributed by atoms with Gasteiger partial charge in [0.1, 0.15) is 5.82 Å². The summed E-state index contributed by atoms with van der Waals surface area (Å²) in [5.41, 5.74) is 3.81. The van der Waals surface area contributed by atoms with Crippen molar-refractivity contribution in [1.82, 2.24) is 14.6 Å². The van der Waals surface area contributed by atoms with E-state index in [0.29, 0.717) is 28.6 Å². The number of hydrogen-bond donors (Lipinski definition) is 0. The summed E-state index contributed by atoms with van der Waals surface area (Å²) in [6.07, 6.45) is 1.71. The largest absolute Gasteiger partial charge is 0.493 e. The Labute approximate surface area is 161 Å². The smallest absolute Gasteiger partial charge is 0.203 e. The highest BCUT2D eigenvalue weighted by molar-refractivity contribution is 5.72. The number of benzene rings is 2. The normalized spacial score (nSPS) is 10.9. The fourth-order valence-electron chi connectivity index (χ4n) is 3.10. The summed E-state index contributed by atoms with van der Waals surface area (Å²) in [6, 6.07) is 13.6. The maximum atomic E-state index is 13.2.